The number of rotatable bonds is 4. The zero-order valence-electron chi connectivity index (χ0n) is 9.22. The summed E-state index contributed by atoms with van der Waals surface area (Å²) < 4.78 is 5.55. The Labute approximate surface area is 85.4 Å². The minimum atomic E-state index is -0.0780. The standard InChI is InChI=1S/C10H20N2O2/c1-10(2,3)14-5-4-11-8-6-9(13)12-7-8/h8,11H,4-7H2,1-3H3,(H,12,13). The van der Waals surface area contributed by atoms with Crippen molar-refractivity contribution in [3.05, 3.63) is 0 Å². The van der Waals surface area contributed by atoms with E-state index >= 15 is 0 Å². The summed E-state index contributed by atoms with van der Waals surface area (Å²) >= 11 is 0. The zero-order chi connectivity index (χ0) is 10.6. The van der Waals surface area contributed by atoms with Crippen molar-refractivity contribution < 1.29 is 9.53 Å². The highest BCUT2D eigenvalue weighted by atomic mass is 16.5. The normalized spacial score (nSPS) is 22.5. The fourth-order valence-electron chi connectivity index (χ4n) is 1.37. The number of amides is 1. The maximum absolute atomic E-state index is 10.9. The fourth-order valence-corrected chi connectivity index (χ4v) is 1.37. The van der Waals surface area contributed by atoms with Gasteiger partial charge in [0.2, 0.25) is 5.91 Å². The minimum Gasteiger partial charge on any atom is -0.375 e. The Hall–Kier alpha value is -0.610. The van der Waals surface area contributed by atoms with Gasteiger partial charge < -0.3 is 15.4 Å². The summed E-state index contributed by atoms with van der Waals surface area (Å²) in [6.07, 6.45) is 0.593. The molecule has 82 valence electrons. The lowest BCUT2D eigenvalue weighted by Crippen LogP contribution is -2.35. The predicted molar refractivity (Wildman–Crippen MR) is 55.1 cm³/mol. The summed E-state index contributed by atoms with van der Waals surface area (Å²) in [5, 5.41) is 6.06. The number of nitrogens with one attached hydrogen (secondary N) is 2. The van der Waals surface area contributed by atoms with Crippen molar-refractivity contribution in [3.8, 4) is 0 Å². The van der Waals surface area contributed by atoms with Gasteiger partial charge in [0.1, 0.15) is 0 Å². The quantitative estimate of drug-likeness (QED) is 0.641. The molecule has 1 saturated heterocycles. The predicted octanol–water partition coefficient (Wildman–Crippen LogP) is 0.280. The highest BCUT2D eigenvalue weighted by molar-refractivity contribution is 5.78. The van der Waals surface area contributed by atoms with Crippen LogP contribution in [0.4, 0.5) is 0 Å². The Morgan fingerprint density at radius 2 is 2.29 bits per heavy atom. The van der Waals surface area contributed by atoms with Crippen LogP contribution < -0.4 is 10.6 Å². The summed E-state index contributed by atoms with van der Waals surface area (Å²) in [4.78, 5) is 10.9. The number of hydrogen-bond acceptors (Lipinski definition) is 3. The molecule has 1 aliphatic heterocycles. The number of carbonyl (C=O) groups is 1. The number of carbonyl (C=O) groups excluding carboxylic acids is 1. The maximum Gasteiger partial charge on any atom is 0.221 e. The van der Waals surface area contributed by atoms with E-state index in [4.69, 9.17) is 4.74 Å². The first-order valence-corrected chi connectivity index (χ1v) is 5.11. The Balaban J connectivity index is 2.02. The van der Waals surface area contributed by atoms with Gasteiger partial charge in [0.25, 0.3) is 0 Å². The van der Waals surface area contributed by atoms with Gasteiger partial charge in [-0.2, -0.15) is 0 Å². The van der Waals surface area contributed by atoms with Crippen LogP contribution in [0.3, 0.4) is 0 Å². The molecule has 0 aromatic rings. The molecule has 1 atom stereocenters. The van der Waals surface area contributed by atoms with Crippen LogP contribution in [0.2, 0.25) is 0 Å². The van der Waals surface area contributed by atoms with Crippen molar-refractivity contribution in [3.63, 3.8) is 0 Å². The second-order valence-electron chi connectivity index (χ2n) is 4.62. The largest absolute Gasteiger partial charge is 0.375 e. The lowest BCUT2D eigenvalue weighted by Gasteiger charge is -2.20. The first-order valence-electron chi connectivity index (χ1n) is 5.11. The Bertz CT molecular complexity index is 199. The van der Waals surface area contributed by atoms with Crippen LogP contribution in [0.5, 0.6) is 0 Å². The highest BCUT2D eigenvalue weighted by Crippen LogP contribution is 2.05. The molecule has 2 N–H and O–H groups in total. The third-order valence-corrected chi connectivity index (χ3v) is 2.05. The molecule has 4 nitrogen and oxygen atoms in total. The Morgan fingerprint density at radius 1 is 1.57 bits per heavy atom. The molecule has 14 heavy (non-hydrogen) atoms. The summed E-state index contributed by atoms with van der Waals surface area (Å²) in [6, 6.07) is 0.283. The fraction of sp³-hybridized carbons (Fsp3) is 0.900. The van der Waals surface area contributed by atoms with Crippen LogP contribution in [0, 0.1) is 0 Å². The summed E-state index contributed by atoms with van der Waals surface area (Å²) in [6.45, 7) is 8.34. The molecular weight excluding hydrogens is 180 g/mol. The van der Waals surface area contributed by atoms with E-state index in [-0.39, 0.29) is 17.6 Å². The number of hydrogen-bond donors (Lipinski definition) is 2. The molecule has 1 rings (SSSR count). The molecule has 1 heterocycles. The van der Waals surface area contributed by atoms with E-state index in [1.54, 1.807) is 0 Å². The molecule has 0 aromatic carbocycles. The van der Waals surface area contributed by atoms with Gasteiger partial charge in [-0.3, -0.25) is 4.79 Å². The zero-order valence-corrected chi connectivity index (χ0v) is 9.22. The molecule has 0 spiro atoms. The van der Waals surface area contributed by atoms with Gasteiger partial charge in [0, 0.05) is 25.6 Å². The van der Waals surface area contributed by atoms with Gasteiger partial charge in [-0.25, -0.2) is 0 Å². The van der Waals surface area contributed by atoms with E-state index in [1.807, 2.05) is 20.8 Å². The molecular formula is C10H20N2O2. The van der Waals surface area contributed by atoms with E-state index in [2.05, 4.69) is 10.6 Å². The second kappa shape index (κ2) is 4.75. The van der Waals surface area contributed by atoms with E-state index in [0.717, 1.165) is 13.1 Å². The molecule has 1 unspecified atom stereocenters. The topological polar surface area (TPSA) is 50.4 Å². The lowest BCUT2D eigenvalue weighted by molar-refractivity contribution is -0.119. The van der Waals surface area contributed by atoms with Gasteiger partial charge in [-0.15, -0.1) is 0 Å². The minimum absolute atomic E-state index is 0.0780. The second-order valence-corrected chi connectivity index (χ2v) is 4.62. The molecule has 1 fully saturated rings. The van der Waals surface area contributed by atoms with E-state index in [9.17, 15) is 4.79 Å². The van der Waals surface area contributed by atoms with Gasteiger partial charge in [0.15, 0.2) is 0 Å². The lowest BCUT2D eigenvalue weighted by atomic mass is 10.2. The molecule has 0 aliphatic carbocycles. The van der Waals surface area contributed by atoms with Crippen molar-refractivity contribution in [1.82, 2.24) is 10.6 Å². The Morgan fingerprint density at radius 3 is 2.79 bits per heavy atom. The van der Waals surface area contributed by atoms with Gasteiger partial charge >= 0.3 is 0 Å². The monoisotopic (exact) mass is 200 g/mol. The van der Waals surface area contributed by atoms with Crippen LogP contribution in [0.15, 0.2) is 0 Å². The molecule has 1 aliphatic rings. The molecule has 0 bridgehead atoms. The molecule has 0 radical (unpaired) electrons. The van der Waals surface area contributed by atoms with E-state index in [1.165, 1.54) is 0 Å². The van der Waals surface area contributed by atoms with Crippen molar-refractivity contribution in [2.45, 2.75) is 38.8 Å². The van der Waals surface area contributed by atoms with Gasteiger partial charge in [0.05, 0.1) is 12.2 Å². The Kier molecular flexibility index (Phi) is 3.89. The van der Waals surface area contributed by atoms with Crippen LogP contribution in [-0.4, -0.2) is 37.2 Å². The first-order chi connectivity index (χ1) is 6.47. The first kappa shape index (κ1) is 11.5. The van der Waals surface area contributed by atoms with Crippen molar-refractivity contribution in [1.29, 1.82) is 0 Å². The molecule has 1 amide bonds. The van der Waals surface area contributed by atoms with Crippen LogP contribution in [0.25, 0.3) is 0 Å². The van der Waals surface area contributed by atoms with Crippen molar-refractivity contribution in [2.24, 2.45) is 0 Å². The smallest absolute Gasteiger partial charge is 0.221 e. The average molecular weight is 200 g/mol. The number of ether oxygens (including phenoxy) is 1. The van der Waals surface area contributed by atoms with Crippen molar-refractivity contribution in [2.75, 3.05) is 19.7 Å². The average Bonchev–Trinajstić information content (AvgIpc) is 2.44. The molecule has 0 saturated carbocycles. The van der Waals surface area contributed by atoms with Crippen molar-refractivity contribution >= 4 is 5.91 Å². The summed E-state index contributed by atoms with van der Waals surface area (Å²) in [7, 11) is 0. The van der Waals surface area contributed by atoms with Gasteiger partial charge in [-0.05, 0) is 20.8 Å². The SMILES string of the molecule is CC(C)(C)OCCNC1CNC(=O)C1. The third-order valence-electron chi connectivity index (χ3n) is 2.05. The van der Waals surface area contributed by atoms with Crippen LogP contribution >= 0.6 is 0 Å². The summed E-state index contributed by atoms with van der Waals surface area (Å²) in [5.74, 6) is 0.138. The maximum atomic E-state index is 10.9. The third kappa shape index (κ3) is 4.58. The molecule has 0 aromatic heterocycles. The van der Waals surface area contributed by atoms with Crippen LogP contribution in [0.1, 0.15) is 27.2 Å². The highest BCUT2D eigenvalue weighted by Gasteiger charge is 2.20. The van der Waals surface area contributed by atoms with E-state index in [0.29, 0.717) is 13.0 Å². The molecule has 4 heteroatoms. The van der Waals surface area contributed by atoms with E-state index < -0.39 is 0 Å². The van der Waals surface area contributed by atoms with Crippen LogP contribution in [-0.2, 0) is 9.53 Å². The summed E-state index contributed by atoms with van der Waals surface area (Å²) in [5.41, 5.74) is -0.0780. The van der Waals surface area contributed by atoms with Gasteiger partial charge in [-0.1, -0.05) is 0 Å².